The molecule has 3 rings (SSSR count). The highest BCUT2D eigenvalue weighted by Crippen LogP contribution is 2.31. The van der Waals surface area contributed by atoms with Crippen LogP contribution in [0.2, 0.25) is 0 Å². The molecule has 22 heavy (non-hydrogen) atoms. The molecule has 0 spiro atoms. The van der Waals surface area contributed by atoms with E-state index in [2.05, 4.69) is 6.92 Å². The highest BCUT2D eigenvalue weighted by molar-refractivity contribution is 5.65. The molecule has 1 aliphatic rings. The van der Waals surface area contributed by atoms with Crippen LogP contribution in [0.15, 0.2) is 36.4 Å². The van der Waals surface area contributed by atoms with Gasteiger partial charge in [-0.15, -0.1) is 0 Å². The zero-order valence-electron chi connectivity index (χ0n) is 12.9. The van der Waals surface area contributed by atoms with Gasteiger partial charge in [0.2, 0.25) is 0 Å². The highest BCUT2D eigenvalue weighted by Gasteiger charge is 2.20. The van der Waals surface area contributed by atoms with Crippen molar-refractivity contribution in [2.45, 2.75) is 38.7 Å². The van der Waals surface area contributed by atoms with Gasteiger partial charge in [0.05, 0.1) is 12.7 Å². The maximum Gasteiger partial charge on any atom is 0.166 e. The Morgan fingerprint density at radius 1 is 0.955 bits per heavy atom. The molecule has 1 aliphatic heterocycles. The molecule has 0 bridgehead atoms. The molecule has 2 aromatic rings. The number of ether oxygens (including phenoxy) is 1. The smallest absolute Gasteiger partial charge is 0.166 e. The second-order valence-corrected chi connectivity index (χ2v) is 6.10. The fraction of sp³-hybridized carbons (Fsp3) is 0.368. The quantitative estimate of drug-likeness (QED) is 0.738. The minimum absolute atomic E-state index is 0.308. The third-order valence-electron chi connectivity index (χ3n) is 4.47. The summed E-state index contributed by atoms with van der Waals surface area (Å²) in [5.41, 5.74) is 2.53. The fourth-order valence-corrected chi connectivity index (χ4v) is 2.95. The van der Waals surface area contributed by atoms with Crippen LogP contribution in [0.3, 0.4) is 0 Å². The lowest BCUT2D eigenvalue weighted by atomic mass is 9.90. The largest absolute Gasteiger partial charge is 0.378 e. The standard InChI is InChI=1S/C19H20F2O/c1-12-3-10-17(19(21)18(12)20)15-8-6-14(7-9-15)16-5-4-13(2)22-11-16/h3,6-10,13,16H,4-5,11H2,1-2H3/t13-,16-/m1/s1. The van der Waals surface area contributed by atoms with Crippen molar-refractivity contribution < 1.29 is 13.5 Å². The Hall–Kier alpha value is -1.74. The third kappa shape index (κ3) is 2.91. The molecule has 1 saturated heterocycles. The Balaban J connectivity index is 1.84. The van der Waals surface area contributed by atoms with E-state index in [0.717, 1.165) is 19.4 Å². The number of aryl methyl sites for hydroxylation is 1. The van der Waals surface area contributed by atoms with E-state index < -0.39 is 11.6 Å². The number of benzene rings is 2. The zero-order valence-corrected chi connectivity index (χ0v) is 12.9. The summed E-state index contributed by atoms with van der Waals surface area (Å²) < 4.78 is 33.4. The normalized spacial score (nSPS) is 21.8. The summed E-state index contributed by atoms with van der Waals surface area (Å²) in [5.74, 6) is -1.15. The first-order valence-corrected chi connectivity index (χ1v) is 7.73. The van der Waals surface area contributed by atoms with Gasteiger partial charge >= 0.3 is 0 Å². The van der Waals surface area contributed by atoms with Crippen molar-refractivity contribution in [1.29, 1.82) is 0 Å². The van der Waals surface area contributed by atoms with E-state index in [1.807, 2.05) is 24.3 Å². The molecule has 116 valence electrons. The monoisotopic (exact) mass is 302 g/mol. The van der Waals surface area contributed by atoms with Crippen LogP contribution in [-0.2, 0) is 4.74 Å². The first-order chi connectivity index (χ1) is 10.6. The maximum atomic E-state index is 14.1. The van der Waals surface area contributed by atoms with Crippen molar-refractivity contribution in [1.82, 2.24) is 0 Å². The molecule has 2 atom stereocenters. The molecule has 0 radical (unpaired) electrons. The third-order valence-corrected chi connectivity index (χ3v) is 4.47. The molecule has 0 aliphatic carbocycles. The molecule has 2 aromatic carbocycles. The second-order valence-electron chi connectivity index (χ2n) is 6.10. The summed E-state index contributed by atoms with van der Waals surface area (Å²) in [6, 6.07) is 11.0. The Bertz CT molecular complexity index is 656. The number of halogens is 2. The molecule has 1 nitrogen and oxygen atoms in total. The molecule has 1 fully saturated rings. The average molecular weight is 302 g/mol. The van der Waals surface area contributed by atoms with Gasteiger partial charge in [-0.05, 0) is 43.4 Å². The molecule has 3 heteroatoms. The van der Waals surface area contributed by atoms with Gasteiger partial charge in [-0.25, -0.2) is 8.78 Å². The van der Waals surface area contributed by atoms with Crippen LogP contribution in [-0.4, -0.2) is 12.7 Å². The summed E-state index contributed by atoms with van der Waals surface area (Å²) in [4.78, 5) is 0. The predicted molar refractivity (Wildman–Crippen MR) is 83.9 cm³/mol. The molecular formula is C19H20F2O. The van der Waals surface area contributed by atoms with E-state index in [0.29, 0.717) is 28.7 Å². The predicted octanol–water partition coefficient (Wildman–Crippen LogP) is 5.22. The Labute approximate surface area is 129 Å². The van der Waals surface area contributed by atoms with E-state index in [4.69, 9.17) is 4.74 Å². The molecule has 1 heterocycles. The van der Waals surface area contributed by atoms with E-state index in [1.165, 1.54) is 5.56 Å². The lowest BCUT2D eigenvalue weighted by Crippen LogP contribution is -2.22. The van der Waals surface area contributed by atoms with Gasteiger partial charge < -0.3 is 4.74 Å². The minimum atomic E-state index is -0.775. The van der Waals surface area contributed by atoms with Gasteiger partial charge in [0.1, 0.15) is 0 Å². The van der Waals surface area contributed by atoms with Crippen LogP contribution in [0.4, 0.5) is 8.78 Å². The highest BCUT2D eigenvalue weighted by atomic mass is 19.2. The molecule has 0 unspecified atom stereocenters. The Morgan fingerprint density at radius 2 is 1.68 bits per heavy atom. The van der Waals surface area contributed by atoms with Crippen molar-refractivity contribution >= 4 is 0 Å². The van der Waals surface area contributed by atoms with Crippen LogP contribution >= 0.6 is 0 Å². The molecule has 0 N–H and O–H groups in total. The molecule has 0 amide bonds. The van der Waals surface area contributed by atoms with E-state index in [1.54, 1.807) is 19.1 Å². The summed E-state index contributed by atoms with van der Waals surface area (Å²) in [6.45, 7) is 4.39. The summed E-state index contributed by atoms with van der Waals surface area (Å²) >= 11 is 0. The molecule has 0 saturated carbocycles. The SMILES string of the molecule is Cc1ccc(-c2ccc([C@@H]3CC[C@@H](C)OC3)cc2)c(F)c1F. The van der Waals surface area contributed by atoms with Crippen LogP contribution in [0.1, 0.15) is 36.8 Å². The van der Waals surface area contributed by atoms with Crippen LogP contribution < -0.4 is 0 Å². The van der Waals surface area contributed by atoms with E-state index >= 15 is 0 Å². The number of hydrogen-bond donors (Lipinski definition) is 0. The van der Waals surface area contributed by atoms with Crippen LogP contribution in [0, 0.1) is 18.6 Å². The summed E-state index contributed by atoms with van der Waals surface area (Å²) in [5, 5.41) is 0. The summed E-state index contributed by atoms with van der Waals surface area (Å²) in [7, 11) is 0. The van der Waals surface area contributed by atoms with Gasteiger partial charge in [-0.2, -0.15) is 0 Å². The number of hydrogen-bond acceptors (Lipinski definition) is 1. The zero-order chi connectivity index (χ0) is 15.7. The van der Waals surface area contributed by atoms with Crippen molar-refractivity contribution in [2.24, 2.45) is 0 Å². The second kappa shape index (κ2) is 6.17. The van der Waals surface area contributed by atoms with Gasteiger partial charge in [0.15, 0.2) is 11.6 Å². The van der Waals surface area contributed by atoms with Crippen molar-refractivity contribution in [2.75, 3.05) is 6.61 Å². The molecule has 0 aromatic heterocycles. The van der Waals surface area contributed by atoms with Crippen molar-refractivity contribution in [3.63, 3.8) is 0 Å². The maximum absolute atomic E-state index is 14.1. The number of rotatable bonds is 2. The van der Waals surface area contributed by atoms with Gasteiger partial charge in [0.25, 0.3) is 0 Å². The lowest BCUT2D eigenvalue weighted by molar-refractivity contribution is 0.0155. The lowest BCUT2D eigenvalue weighted by Gasteiger charge is -2.27. The average Bonchev–Trinajstić information content (AvgIpc) is 2.54. The molecular weight excluding hydrogens is 282 g/mol. The summed E-state index contributed by atoms with van der Waals surface area (Å²) in [6.07, 6.45) is 2.50. The van der Waals surface area contributed by atoms with E-state index in [-0.39, 0.29) is 0 Å². The fourth-order valence-electron chi connectivity index (χ4n) is 2.95. The van der Waals surface area contributed by atoms with Crippen LogP contribution in [0.25, 0.3) is 11.1 Å². The van der Waals surface area contributed by atoms with Crippen LogP contribution in [0.5, 0.6) is 0 Å². The minimum Gasteiger partial charge on any atom is -0.378 e. The van der Waals surface area contributed by atoms with Crippen molar-refractivity contribution in [3.05, 3.63) is 59.2 Å². The van der Waals surface area contributed by atoms with Gasteiger partial charge in [-0.1, -0.05) is 36.4 Å². The first-order valence-electron chi connectivity index (χ1n) is 7.73. The van der Waals surface area contributed by atoms with E-state index in [9.17, 15) is 8.78 Å². The Morgan fingerprint density at radius 3 is 2.32 bits per heavy atom. The van der Waals surface area contributed by atoms with Gasteiger partial charge in [0, 0.05) is 11.5 Å². The Kier molecular flexibility index (Phi) is 4.25. The topological polar surface area (TPSA) is 9.23 Å². The first kappa shape index (κ1) is 15.2. The van der Waals surface area contributed by atoms with Crippen molar-refractivity contribution in [3.8, 4) is 11.1 Å². The van der Waals surface area contributed by atoms with Gasteiger partial charge in [-0.3, -0.25) is 0 Å².